The molecule has 0 aliphatic heterocycles. The molecule has 0 aliphatic carbocycles. The van der Waals surface area contributed by atoms with E-state index in [1.165, 1.54) is 178 Å². The summed E-state index contributed by atoms with van der Waals surface area (Å²) in [7, 11) is 4.31. The Kier molecular flexibility index (Phi) is 26.3. The first-order valence-corrected chi connectivity index (χ1v) is 18.2. The van der Waals surface area contributed by atoms with E-state index in [0.29, 0.717) is 12.1 Å². The van der Waals surface area contributed by atoms with Crippen molar-refractivity contribution in [3.8, 4) is 0 Å². The first-order valence-electron chi connectivity index (χ1n) is 18.2. The molecular weight excluding hydrogens is 484 g/mol. The van der Waals surface area contributed by atoms with Gasteiger partial charge in [-0.15, -0.1) is 0 Å². The van der Waals surface area contributed by atoms with Gasteiger partial charge in [0.15, 0.2) is 0 Å². The highest BCUT2D eigenvalue weighted by Gasteiger charge is 2.18. The minimum atomic E-state index is 0.470. The van der Waals surface area contributed by atoms with Crippen molar-refractivity contribution < 1.29 is 0 Å². The average molecular weight is 557 g/mol. The van der Waals surface area contributed by atoms with Crippen molar-refractivity contribution in [2.24, 2.45) is 0 Å². The van der Waals surface area contributed by atoms with Gasteiger partial charge < -0.3 is 10.6 Å². The Labute approximate surface area is 252 Å². The number of unbranched alkanes of at least 4 members (excludes halogenated alkanes) is 22. The molecule has 234 valence electrons. The quantitative estimate of drug-likeness (QED) is 0.0921. The second-order valence-corrected chi connectivity index (χ2v) is 12.7. The third-order valence-corrected chi connectivity index (χ3v) is 9.14. The molecule has 1 aromatic carbocycles. The molecule has 0 heterocycles. The molecule has 2 unspecified atom stereocenters. The minimum Gasteiger partial charge on any atom is -0.313 e. The lowest BCUT2D eigenvalue weighted by molar-refractivity contribution is 0.466. The number of nitrogens with one attached hydrogen (secondary N) is 2. The highest BCUT2D eigenvalue weighted by molar-refractivity contribution is 5.32. The summed E-state index contributed by atoms with van der Waals surface area (Å²) in [5, 5.41) is 7.33. The summed E-state index contributed by atoms with van der Waals surface area (Å²) < 4.78 is 0. The van der Waals surface area contributed by atoms with Crippen molar-refractivity contribution in [2.75, 3.05) is 14.1 Å². The number of rotatable bonds is 30. The molecule has 2 N–H and O–H groups in total. The van der Waals surface area contributed by atoms with Gasteiger partial charge in [0, 0.05) is 12.1 Å². The van der Waals surface area contributed by atoms with Crippen molar-refractivity contribution >= 4 is 0 Å². The van der Waals surface area contributed by atoms with Gasteiger partial charge in [-0.2, -0.15) is 0 Å². The molecule has 0 saturated heterocycles. The van der Waals surface area contributed by atoms with Crippen molar-refractivity contribution in [2.45, 2.75) is 193 Å². The van der Waals surface area contributed by atoms with Crippen molar-refractivity contribution in [3.05, 3.63) is 35.4 Å². The van der Waals surface area contributed by atoms with Crippen LogP contribution in [0, 0.1) is 0 Å². The lowest BCUT2D eigenvalue weighted by Gasteiger charge is -2.25. The second kappa shape index (κ2) is 28.3. The molecule has 1 rings (SSSR count). The van der Waals surface area contributed by atoms with E-state index in [-0.39, 0.29) is 0 Å². The third kappa shape index (κ3) is 19.3. The van der Waals surface area contributed by atoms with Crippen LogP contribution in [0.25, 0.3) is 0 Å². The molecular formula is C38H72N2. The first-order chi connectivity index (χ1) is 19.8. The number of benzene rings is 1. The Hall–Kier alpha value is -0.860. The van der Waals surface area contributed by atoms with E-state index in [2.05, 4.69) is 62.8 Å². The fourth-order valence-corrected chi connectivity index (χ4v) is 6.44. The van der Waals surface area contributed by atoms with Gasteiger partial charge in [0.1, 0.15) is 0 Å². The van der Waals surface area contributed by atoms with Crippen molar-refractivity contribution in [1.29, 1.82) is 0 Å². The van der Waals surface area contributed by atoms with E-state index >= 15 is 0 Å². The van der Waals surface area contributed by atoms with Crippen LogP contribution in [0.3, 0.4) is 0 Å². The SMILES string of the molecule is CCCCCCCCCCCCCCC(NC)c1ccccc1C(CCCCCCCCCCCCCC)NC. The van der Waals surface area contributed by atoms with Crippen LogP contribution in [0.5, 0.6) is 0 Å². The van der Waals surface area contributed by atoms with Gasteiger partial charge in [0.2, 0.25) is 0 Å². The molecule has 40 heavy (non-hydrogen) atoms. The zero-order valence-electron chi connectivity index (χ0n) is 27.8. The van der Waals surface area contributed by atoms with E-state index in [1.54, 1.807) is 0 Å². The summed E-state index contributed by atoms with van der Waals surface area (Å²) >= 11 is 0. The third-order valence-electron chi connectivity index (χ3n) is 9.14. The Balaban J connectivity index is 2.25. The van der Waals surface area contributed by atoms with Gasteiger partial charge in [-0.05, 0) is 38.1 Å². The number of hydrogen-bond acceptors (Lipinski definition) is 2. The van der Waals surface area contributed by atoms with Crippen LogP contribution < -0.4 is 10.6 Å². The fraction of sp³-hybridized carbons (Fsp3) is 0.842. The molecule has 0 aliphatic rings. The van der Waals surface area contributed by atoms with Gasteiger partial charge in [-0.25, -0.2) is 0 Å². The molecule has 2 nitrogen and oxygen atoms in total. The summed E-state index contributed by atoms with van der Waals surface area (Å²) in [6, 6.07) is 10.2. The topological polar surface area (TPSA) is 24.1 Å². The Morgan fingerprint density at radius 1 is 0.400 bits per heavy atom. The monoisotopic (exact) mass is 557 g/mol. The molecule has 0 aromatic heterocycles. The summed E-state index contributed by atoms with van der Waals surface area (Å²) in [4.78, 5) is 0. The molecule has 1 aromatic rings. The lowest BCUT2D eigenvalue weighted by Crippen LogP contribution is -2.23. The molecule has 0 radical (unpaired) electrons. The highest BCUT2D eigenvalue weighted by Crippen LogP contribution is 2.30. The smallest absolute Gasteiger partial charge is 0.0320 e. The minimum absolute atomic E-state index is 0.470. The van der Waals surface area contributed by atoms with Crippen molar-refractivity contribution in [1.82, 2.24) is 10.6 Å². The molecule has 0 saturated carbocycles. The molecule has 0 fully saturated rings. The van der Waals surface area contributed by atoms with E-state index in [4.69, 9.17) is 0 Å². The Morgan fingerprint density at radius 3 is 0.900 bits per heavy atom. The Morgan fingerprint density at radius 2 is 0.650 bits per heavy atom. The highest BCUT2D eigenvalue weighted by atomic mass is 14.9. The van der Waals surface area contributed by atoms with Crippen LogP contribution in [0.4, 0.5) is 0 Å². The summed E-state index contributed by atoms with van der Waals surface area (Å²) in [5.74, 6) is 0. The summed E-state index contributed by atoms with van der Waals surface area (Å²) in [6.45, 7) is 4.61. The molecule has 0 bridgehead atoms. The zero-order valence-corrected chi connectivity index (χ0v) is 27.8. The first kappa shape index (κ1) is 37.2. The van der Waals surface area contributed by atoms with Gasteiger partial charge in [-0.1, -0.05) is 192 Å². The normalized spacial score (nSPS) is 13.1. The molecule has 0 amide bonds. The molecule has 2 atom stereocenters. The summed E-state index contributed by atoms with van der Waals surface area (Å²) in [5.41, 5.74) is 3.04. The largest absolute Gasteiger partial charge is 0.313 e. The standard InChI is InChI=1S/C38H72N2/c1-5-7-9-11-13-15-17-19-21-23-25-27-33-37(39-3)35-31-29-30-32-36(35)38(40-4)34-28-26-24-22-20-18-16-14-12-10-8-6-2/h29-32,37-40H,5-28,33-34H2,1-4H3. The maximum Gasteiger partial charge on any atom is 0.0320 e. The lowest BCUT2D eigenvalue weighted by atomic mass is 9.90. The molecule has 0 spiro atoms. The van der Waals surface area contributed by atoms with Crippen LogP contribution in [-0.2, 0) is 0 Å². The van der Waals surface area contributed by atoms with Crippen LogP contribution in [-0.4, -0.2) is 14.1 Å². The second-order valence-electron chi connectivity index (χ2n) is 12.7. The number of hydrogen-bond donors (Lipinski definition) is 2. The van der Waals surface area contributed by atoms with Gasteiger partial charge >= 0.3 is 0 Å². The summed E-state index contributed by atoms with van der Waals surface area (Å²) in [6.07, 6.45) is 36.5. The van der Waals surface area contributed by atoms with Crippen LogP contribution in [0.1, 0.15) is 204 Å². The average Bonchev–Trinajstić information content (AvgIpc) is 2.98. The van der Waals surface area contributed by atoms with Gasteiger partial charge in [0.05, 0.1) is 0 Å². The molecule has 2 heteroatoms. The zero-order chi connectivity index (χ0) is 28.9. The van der Waals surface area contributed by atoms with E-state index < -0.39 is 0 Å². The maximum atomic E-state index is 3.66. The van der Waals surface area contributed by atoms with Crippen LogP contribution in [0.2, 0.25) is 0 Å². The van der Waals surface area contributed by atoms with E-state index in [0.717, 1.165) is 0 Å². The fourth-order valence-electron chi connectivity index (χ4n) is 6.44. The van der Waals surface area contributed by atoms with E-state index in [9.17, 15) is 0 Å². The predicted octanol–water partition coefficient (Wildman–Crippen LogP) is 12.4. The Bertz CT molecular complexity index is 587. The predicted molar refractivity (Wildman–Crippen MR) is 181 cm³/mol. The maximum absolute atomic E-state index is 3.66. The van der Waals surface area contributed by atoms with E-state index in [1.807, 2.05) is 0 Å². The van der Waals surface area contributed by atoms with Gasteiger partial charge in [0.25, 0.3) is 0 Å². The van der Waals surface area contributed by atoms with Gasteiger partial charge in [-0.3, -0.25) is 0 Å². The van der Waals surface area contributed by atoms with Crippen molar-refractivity contribution in [3.63, 3.8) is 0 Å². The van der Waals surface area contributed by atoms with Crippen LogP contribution in [0.15, 0.2) is 24.3 Å². The van der Waals surface area contributed by atoms with Crippen LogP contribution >= 0.6 is 0 Å².